The number of aliphatic hydroxyl groups excluding tert-OH is 1. The van der Waals surface area contributed by atoms with Gasteiger partial charge in [-0.25, -0.2) is 4.98 Å². The van der Waals surface area contributed by atoms with E-state index in [9.17, 15) is 0 Å². The highest BCUT2D eigenvalue weighted by Gasteiger charge is 2.13. The first kappa shape index (κ1) is 14.0. The van der Waals surface area contributed by atoms with Gasteiger partial charge in [0.2, 0.25) is 0 Å². The molecule has 2 rings (SSSR count). The third-order valence-corrected chi connectivity index (χ3v) is 3.52. The summed E-state index contributed by atoms with van der Waals surface area (Å²) in [6.07, 6.45) is 4.81. The topological polar surface area (TPSA) is 49.6 Å². The van der Waals surface area contributed by atoms with Crippen molar-refractivity contribution in [3.63, 3.8) is 0 Å². The molecular formula is C15H23N3O. The fourth-order valence-corrected chi connectivity index (χ4v) is 2.31. The Kier molecular flexibility index (Phi) is 4.56. The lowest BCUT2D eigenvalue weighted by molar-refractivity contribution is 0.243. The van der Waals surface area contributed by atoms with Crippen molar-refractivity contribution >= 4 is 5.65 Å². The predicted octanol–water partition coefficient (Wildman–Crippen LogP) is 2.14. The van der Waals surface area contributed by atoms with Gasteiger partial charge in [0.15, 0.2) is 0 Å². The molecule has 2 heterocycles. The molecule has 0 aliphatic carbocycles. The van der Waals surface area contributed by atoms with Crippen molar-refractivity contribution in [1.82, 2.24) is 14.7 Å². The molecule has 0 bridgehead atoms. The van der Waals surface area contributed by atoms with Gasteiger partial charge in [-0.2, -0.15) is 0 Å². The van der Waals surface area contributed by atoms with Crippen LogP contribution in [-0.4, -0.2) is 27.1 Å². The molecular weight excluding hydrogens is 238 g/mol. The molecule has 0 aliphatic rings. The molecule has 0 saturated carbocycles. The second-order valence-corrected chi connectivity index (χ2v) is 5.43. The summed E-state index contributed by atoms with van der Waals surface area (Å²) in [6.45, 7) is 7.42. The molecule has 1 unspecified atom stereocenters. The summed E-state index contributed by atoms with van der Waals surface area (Å²) >= 11 is 0. The average molecular weight is 261 g/mol. The molecule has 104 valence electrons. The lowest BCUT2D eigenvalue weighted by Crippen LogP contribution is -2.34. The summed E-state index contributed by atoms with van der Waals surface area (Å²) in [4.78, 5) is 4.40. The van der Waals surface area contributed by atoms with Crippen LogP contribution in [0, 0.1) is 12.8 Å². The Morgan fingerprint density at radius 2 is 2.16 bits per heavy atom. The molecule has 0 spiro atoms. The van der Waals surface area contributed by atoms with E-state index in [0.717, 1.165) is 24.3 Å². The molecule has 0 aromatic carbocycles. The SMILES string of the molecule is Cc1ccc2ncc(CNC(CCO)C(C)C)n2c1. The number of rotatable bonds is 6. The predicted molar refractivity (Wildman–Crippen MR) is 77.1 cm³/mol. The molecule has 2 N–H and O–H groups in total. The number of nitrogens with zero attached hydrogens (tertiary/aromatic N) is 2. The molecule has 0 radical (unpaired) electrons. The summed E-state index contributed by atoms with van der Waals surface area (Å²) in [6, 6.07) is 4.44. The van der Waals surface area contributed by atoms with Crippen LogP contribution in [0.3, 0.4) is 0 Å². The zero-order valence-electron chi connectivity index (χ0n) is 11.9. The fraction of sp³-hybridized carbons (Fsp3) is 0.533. The van der Waals surface area contributed by atoms with E-state index in [1.165, 1.54) is 5.56 Å². The van der Waals surface area contributed by atoms with E-state index in [1.807, 2.05) is 12.3 Å². The lowest BCUT2D eigenvalue weighted by Gasteiger charge is -2.21. The normalized spacial score (nSPS) is 13.3. The van der Waals surface area contributed by atoms with Crippen LogP contribution < -0.4 is 5.32 Å². The summed E-state index contributed by atoms with van der Waals surface area (Å²) in [5.74, 6) is 0.507. The molecule has 0 aliphatic heterocycles. The van der Waals surface area contributed by atoms with Gasteiger partial charge in [0.05, 0.1) is 11.9 Å². The lowest BCUT2D eigenvalue weighted by atomic mass is 10.0. The first-order valence-electron chi connectivity index (χ1n) is 6.88. The van der Waals surface area contributed by atoms with Gasteiger partial charge < -0.3 is 14.8 Å². The van der Waals surface area contributed by atoms with E-state index >= 15 is 0 Å². The molecule has 4 heteroatoms. The Bertz CT molecular complexity index is 533. The Labute approximate surface area is 114 Å². The Balaban J connectivity index is 2.10. The first-order valence-corrected chi connectivity index (χ1v) is 6.88. The molecule has 0 saturated heterocycles. The van der Waals surface area contributed by atoms with E-state index in [0.29, 0.717) is 12.0 Å². The van der Waals surface area contributed by atoms with Gasteiger partial charge in [0, 0.05) is 25.4 Å². The molecule has 0 amide bonds. The van der Waals surface area contributed by atoms with Crippen molar-refractivity contribution in [2.24, 2.45) is 5.92 Å². The third kappa shape index (κ3) is 3.33. The van der Waals surface area contributed by atoms with Gasteiger partial charge >= 0.3 is 0 Å². The van der Waals surface area contributed by atoms with E-state index in [4.69, 9.17) is 5.11 Å². The van der Waals surface area contributed by atoms with Crippen LogP contribution in [0.25, 0.3) is 5.65 Å². The smallest absolute Gasteiger partial charge is 0.136 e. The van der Waals surface area contributed by atoms with Crippen LogP contribution in [0.5, 0.6) is 0 Å². The van der Waals surface area contributed by atoms with Gasteiger partial charge in [0.1, 0.15) is 5.65 Å². The third-order valence-electron chi connectivity index (χ3n) is 3.52. The number of fused-ring (bicyclic) bond motifs is 1. The number of imidazole rings is 1. The van der Waals surface area contributed by atoms with Crippen molar-refractivity contribution in [1.29, 1.82) is 0 Å². The van der Waals surface area contributed by atoms with E-state index in [-0.39, 0.29) is 6.61 Å². The van der Waals surface area contributed by atoms with Crippen molar-refractivity contribution in [2.75, 3.05) is 6.61 Å². The van der Waals surface area contributed by atoms with Crippen LogP contribution in [-0.2, 0) is 6.54 Å². The summed E-state index contributed by atoms with van der Waals surface area (Å²) in [5.41, 5.74) is 3.36. The Morgan fingerprint density at radius 1 is 1.37 bits per heavy atom. The minimum absolute atomic E-state index is 0.224. The second kappa shape index (κ2) is 6.17. The van der Waals surface area contributed by atoms with Gasteiger partial charge in [-0.3, -0.25) is 0 Å². The highest BCUT2D eigenvalue weighted by Crippen LogP contribution is 2.11. The number of pyridine rings is 1. The number of nitrogens with one attached hydrogen (secondary N) is 1. The average Bonchev–Trinajstić information content (AvgIpc) is 2.76. The van der Waals surface area contributed by atoms with Crippen LogP contribution >= 0.6 is 0 Å². The fourth-order valence-electron chi connectivity index (χ4n) is 2.31. The molecule has 4 nitrogen and oxygen atoms in total. The van der Waals surface area contributed by atoms with Crippen molar-refractivity contribution in [2.45, 2.75) is 39.8 Å². The van der Waals surface area contributed by atoms with Gasteiger partial charge in [-0.1, -0.05) is 19.9 Å². The van der Waals surface area contributed by atoms with Gasteiger partial charge in [-0.05, 0) is 30.9 Å². The maximum atomic E-state index is 9.09. The minimum Gasteiger partial charge on any atom is -0.396 e. The summed E-state index contributed by atoms with van der Waals surface area (Å²) < 4.78 is 2.12. The maximum Gasteiger partial charge on any atom is 0.136 e. The monoisotopic (exact) mass is 261 g/mol. The van der Waals surface area contributed by atoms with E-state index < -0.39 is 0 Å². The van der Waals surface area contributed by atoms with Crippen LogP contribution in [0.4, 0.5) is 0 Å². The Morgan fingerprint density at radius 3 is 2.84 bits per heavy atom. The van der Waals surface area contributed by atoms with Crippen LogP contribution in [0.15, 0.2) is 24.5 Å². The molecule has 2 aromatic heterocycles. The number of aromatic nitrogens is 2. The standard InChI is InChI=1S/C15H23N3O/c1-11(2)14(6-7-19)16-8-13-9-17-15-5-4-12(3)10-18(13)15/h4-5,9-11,14,16,19H,6-8H2,1-3H3. The summed E-state index contributed by atoms with van der Waals surface area (Å²) in [5, 5.41) is 12.6. The quantitative estimate of drug-likeness (QED) is 0.837. The van der Waals surface area contributed by atoms with Gasteiger partial charge in [0.25, 0.3) is 0 Å². The zero-order chi connectivity index (χ0) is 13.8. The van der Waals surface area contributed by atoms with E-state index in [2.05, 4.69) is 47.7 Å². The minimum atomic E-state index is 0.224. The zero-order valence-corrected chi connectivity index (χ0v) is 11.9. The van der Waals surface area contributed by atoms with Crippen molar-refractivity contribution in [3.05, 3.63) is 35.8 Å². The second-order valence-electron chi connectivity index (χ2n) is 5.43. The molecule has 2 aromatic rings. The van der Waals surface area contributed by atoms with Crippen molar-refractivity contribution < 1.29 is 5.11 Å². The summed E-state index contributed by atoms with van der Waals surface area (Å²) in [7, 11) is 0. The number of aliphatic hydroxyl groups is 1. The largest absolute Gasteiger partial charge is 0.396 e. The number of aryl methyl sites for hydroxylation is 1. The highest BCUT2D eigenvalue weighted by molar-refractivity contribution is 5.41. The van der Waals surface area contributed by atoms with Crippen molar-refractivity contribution in [3.8, 4) is 0 Å². The van der Waals surface area contributed by atoms with Crippen LogP contribution in [0.1, 0.15) is 31.5 Å². The number of hydrogen-bond donors (Lipinski definition) is 2. The van der Waals surface area contributed by atoms with Gasteiger partial charge in [-0.15, -0.1) is 0 Å². The first-order chi connectivity index (χ1) is 9.11. The highest BCUT2D eigenvalue weighted by atomic mass is 16.3. The number of hydrogen-bond acceptors (Lipinski definition) is 3. The maximum absolute atomic E-state index is 9.09. The molecule has 19 heavy (non-hydrogen) atoms. The van der Waals surface area contributed by atoms with E-state index in [1.54, 1.807) is 0 Å². The molecule has 0 fully saturated rings. The van der Waals surface area contributed by atoms with Crippen LogP contribution in [0.2, 0.25) is 0 Å². The molecule has 1 atom stereocenters. The Hall–Kier alpha value is -1.39.